The van der Waals surface area contributed by atoms with E-state index in [1.165, 1.54) is 32.7 Å². The van der Waals surface area contributed by atoms with Crippen LogP contribution < -0.4 is 15.8 Å². The first-order chi connectivity index (χ1) is 23.2. The minimum Gasteiger partial charge on any atom is -0.343 e. The molecular formula is C38H37N5O3S2. The van der Waals surface area contributed by atoms with Crippen molar-refractivity contribution in [3.05, 3.63) is 142 Å². The minimum atomic E-state index is -1.42. The van der Waals surface area contributed by atoms with Gasteiger partial charge in [0.25, 0.3) is 5.56 Å². The van der Waals surface area contributed by atoms with Crippen LogP contribution in [-0.4, -0.2) is 37.5 Å². The Hall–Kier alpha value is -4.93. The van der Waals surface area contributed by atoms with Crippen LogP contribution in [0.1, 0.15) is 43.1 Å². The van der Waals surface area contributed by atoms with Crippen LogP contribution in [0.5, 0.6) is 0 Å². The number of aromatic nitrogens is 3. The van der Waals surface area contributed by atoms with Crippen molar-refractivity contribution >= 4 is 50.8 Å². The zero-order valence-electron chi connectivity index (χ0n) is 27.3. The molecule has 0 aliphatic rings. The number of hydrogen-bond donors (Lipinski definition) is 1. The van der Waals surface area contributed by atoms with E-state index >= 15 is 0 Å². The number of hydrogen-bond acceptors (Lipinski definition) is 6. The van der Waals surface area contributed by atoms with E-state index in [0.29, 0.717) is 11.4 Å². The zero-order chi connectivity index (χ0) is 33.8. The van der Waals surface area contributed by atoms with Gasteiger partial charge in [0.2, 0.25) is 11.8 Å². The number of rotatable bonds is 11. The first-order valence-electron chi connectivity index (χ1n) is 15.8. The van der Waals surface area contributed by atoms with Crippen molar-refractivity contribution in [2.75, 3.05) is 10.7 Å². The summed E-state index contributed by atoms with van der Waals surface area (Å²) < 4.78 is 5.04. The molecule has 0 saturated heterocycles. The number of anilines is 1. The van der Waals surface area contributed by atoms with Gasteiger partial charge in [-0.2, -0.15) is 0 Å². The van der Waals surface area contributed by atoms with Gasteiger partial charge in [0.1, 0.15) is 11.2 Å². The van der Waals surface area contributed by atoms with E-state index in [1.807, 2.05) is 129 Å². The average Bonchev–Trinajstić information content (AvgIpc) is 3.64. The Balaban J connectivity index is 1.43. The van der Waals surface area contributed by atoms with Crippen molar-refractivity contribution in [1.82, 2.24) is 19.7 Å². The fourth-order valence-electron chi connectivity index (χ4n) is 5.92. The van der Waals surface area contributed by atoms with Gasteiger partial charge in [0.15, 0.2) is 4.34 Å². The van der Waals surface area contributed by atoms with Gasteiger partial charge in [-0.3, -0.25) is 24.0 Å². The monoisotopic (exact) mass is 675 g/mol. The van der Waals surface area contributed by atoms with Crippen LogP contribution in [0, 0.1) is 6.92 Å². The predicted molar refractivity (Wildman–Crippen MR) is 195 cm³/mol. The number of nitrogens with zero attached hydrogens (tertiary/aromatic N) is 4. The van der Waals surface area contributed by atoms with E-state index in [9.17, 15) is 14.4 Å². The first-order valence-corrected chi connectivity index (χ1v) is 17.6. The lowest BCUT2D eigenvalue weighted by Gasteiger charge is -2.40. The zero-order valence-corrected chi connectivity index (χ0v) is 28.9. The highest BCUT2D eigenvalue weighted by atomic mass is 32.2. The highest BCUT2D eigenvalue weighted by Gasteiger charge is 2.45. The summed E-state index contributed by atoms with van der Waals surface area (Å²) in [6.45, 7) is 5.42. The third kappa shape index (κ3) is 6.33. The summed E-state index contributed by atoms with van der Waals surface area (Å²) in [6.07, 6.45) is 0.256. The lowest BCUT2D eigenvalue weighted by Crippen LogP contribution is -2.61. The lowest BCUT2D eigenvalue weighted by molar-refractivity contribution is -0.130. The molecule has 0 spiro atoms. The summed E-state index contributed by atoms with van der Waals surface area (Å²) in [5, 5.41) is 3.26. The molecule has 1 atom stereocenters. The quantitative estimate of drug-likeness (QED) is 0.146. The minimum absolute atomic E-state index is 0.0113. The summed E-state index contributed by atoms with van der Waals surface area (Å²) in [4.78, 5) is 49.8. The molecule has 2 amide bonds. The molecule has 10 heteroatoms. The fourth-order valence-corrected chi connectivity index (χ4v) is 7.83. The predicted octanol–water partition coefficient (Wildman–Crippen LogP) is 7.29. The molecule has 6 aromatic rings. The molecule has 244 valence electrons. The number of fused-ring (bicyclic) bond motifs is 1. The van der Waals surface area contributed by atoms with E-state index < -0.39 is 11.6 Å². The van der Waals surface area contributed by atoms with E-state index in [0.717, 1.165) is 25.7 Å². The molecule has 0 fully saturated rings. The van der Waals surface area contributed by atoms with Gasteiger partial charge in [0.05, 0.1) is 33.4 Å². The second-order valence-electron chi connectivity index (χ2n) is 11.7. The van der Waals surface area contributed by atoms with Gasteiger partial charge in [-0.15, -0.1) is 11.3 Å². The van der Waals surface area contributed by atoms with Crippen LogP contribution in [0.2, 0.25) is 0 Å². The molecule has 2 heterocycles. The molecule has 8 nitrogen and oxygen atoms in total. The SMILES string of the molecule is CC[C@](C)(C(=O)NC(c1ccccc1)c1ccccc1)N(C(=O)CSc1nc2ccccc2s1)c1c(C)n(C)n(-c2ccccc2)c1=O. The summed E-state index contributed by atoms with van der Waals surface area (Å²) in [7, 11) is 1.79. The molecule has 0 radical (unpaired) electrons. The Kier molecular flexibility index (Phi) is 9.66. The van der Waals surface area contributed by atoms with Crippen molar-refractivity contribution in [2.24, 2.45) is 7.05 Å². The highest BCUT2D eigenvalue weighted by molar-refractivity contribution is 8.01. The first kappa shape index (κ1) is 33.0. The molecule has 0 aliphatic carbocycles. The van der Waals surface area contributed by atoms with Crippen LogP contribution in [0.25, 0.3) is 15.9 Å². The number of thiazole rings is 1. The molecule has 2 aromatic heterocycles. The summed E-state index contributed by atoms with van der Waals surface area (Å²) in [5.41, 5.74) is 2.27. The van der Waals surface area contributed by atoms with Gasteiger partial charge in [-0.05, 0) is 55.7 Å². The van der Waals surface area contributed by atoms with Gasteiger partial charge >= 0.3 is 0 Å². The van der Waals surface area contributed by atoms with Crippen LogP contribution in [0.4, 0.5) is 5.69 Å². The maximum atomic E-state index is 14.7. The van der Waals surface area contributed by atoms with Crippen molar-refractivity contribution in [2.45, 2.75) is 43.1 Å². The number of carbonyl (C=O) groups excluding carboxylic acids is 2. The van der Waals surface area contributed by atoms with Crippen LogP contribution in [0.15, 0.2) is 124 Å². The summed E-state index contributed by atoms with van der Waals surface area (Å²) in [5.74, 6) is -0.738. The van der Waals surface area contributed by atoms with Crippen LogP contribution in [0.3, 0.4) is 0 Å². The third-order valence-electron chi connectivity index (χ3n) is 8.80. The number of nitrogens with one attached hydrogen (secondary N) is 1. The second-order valence-corrected chi connectivity index (χ2v) is 14.0. The number of benzene rings is 4. The molecule has 0 saturated carbocycles. The maximum Gasteiger partial charge on any atom is 0.295 e. The summed E-state index contributed by atoms with van der Waals surface area (Å²) >= 11 is 2.82. The smallest absolute Gasteiger partial charge is 0.295 e. The largest absolute Gasteiger partial charge is 0.343 e. The van der Waals surface area contributed by atoms with E-state index in [-0.39, 0.29) is 35.2 Å². The molecule has 6 rings (SSSR count). The van der Waals surface area contributed by atoms with E-state index in [4.69, 9.17) is 4.98 Å². The molecule has 0 unspecified atom stereocenters. The Labute approximate surface area is 288 Å². The maximum absolute atomic E-state index is 14.7. The van der Waals surface area contributed by atoms with Gasteiger partial charge in [-0.25, -0.2) is 9.67 Å². The van der Waals surface area contributed by atoms with Crippen LogP contribution in [-0.2, 0) is 16.6 Å². The Bertz CT molecular complexity index is 2040. The van der Waals surface area contributed by atoms with Gasteiger partial charge in [0, 0.05) is 7.05 Å². The molecule has 1 N–H and O–H groups in total. The van der Waals surface area contributed by atoms with E-state index in [1.54, 1.807) is 18.7 Å². The fraction of sp³-hybridized carbons (Fsp3) is 0.211. The standard InChI is InChI=1S/C38H37N5O3S2/c1-5-38(3,36(46)40-33(27-17-9-6-10-18-27)28-19-11-7-12-20-28)42(32(44)25-47-37-39-30-23-15-16-24-31(30)48-37)34-26(2)41(4)43(35(34)45)29-21-13-8-14-22-29/h6-24,33H,5,25H2,1-4H3,(H,40,46)/t38-/m1/s1. The lowest BCUT2D eigenvalue weighted by atomic mass is 9.91. The van der Waals surface area contributed by atoms with Gasteiger partial charge < -0.3 is 5.32 Å². The van der Waals surface area contributed by atoms with Crippen molar-refractivity contribution < 1.29 is 9.59 Å². The van der Waals surface area contributed by atoms with E-state index in [2.05, 4.69) is 5.32 Å². The molecule has 48 heavy (non-hydrogen) atoms. The van der Waals surface area contributed by atoms with Crippen molar-refractivity contribution in [3.63, 3.8) is 0 Å². The Morgan fingerprint density at radius 3 is 2.04 bits per heavy atom. The number of carbonyl (C=O) groups is 2. The number of amides is 2. The normalized spacial score (nSPS) is 12.6. The number of para-hydroxylation sites is 2. The topological polar surface area (TPSA) is 89.2 Å². The van der Waals surface area contributed by atoms with Gasteiger partial charge in [-0.1, -0.05) is 110 Å². The van der Waals surface area contributed by atoms with Crippen molar-refractivity contribution in [1.29, 1.82) is 0 Å². The summed E-state index contributed by atoms with van der Waals surface area (Å²) in [6, 6.07) is 36.1. The van der Waals surface area contributed by atoms with Crippen LogP contribution >= 0.6 is 23.1 Å². The third-order valence-corrected chi connectivity index (χ3v) is 11.0. The Morgan fingerprint density at radius 2 is 1.46 bits per heavy atom. The molecular weight excluding hydrogens is 639 g/mol. The molecule has 4 aromatic carbocycles. The number of thioether (sulfide) groups is 1. The second kappa shape index (κ2) is 14.0. The highest BCUT2D eigenvalue weighted by Crippen LogP contribution is 2.34. The van der Waals surface area contributed by atoms with Crippen molar-refractivity contribution in [3.8, 4) is 5.69 Å². The Morgan fingerprint density at radius 1 is 0.896 bits per heavy atom. The molecule has 0 aliphatic heterocycles. The average molecular weight is 676 g/mol. The molecule has 0 bridgehead atoms.